The summed E-state index contributed by atoms with van der Waals surface area (Å²) in [6, 6.07) is 8.19. The Morgan fingerprint density at radius 3 is 2.62 bits per heavy atom. The first kappa shape index (κ1) is 27.6. The fourth-order valence-electron chi connectivity index (χ4n) is 4.16. The van der Waals surface area contributed by atoms with Crippen molar-refractivity contribution in [2.45, 2.75) is 68.6 Å². The third-order valence-corrected chi connectivity index (χ3v) is 8.48. The van der Waals surface area contributed by atoms with Crippen molar-refractivity contribution in [1.82, 2.24) is 14.6 Å². The number of fused-ring (bicyclic) bond motifs is 1. The predicted octanol–water partition coefficient (Wildman–Crippen LogP) is 2.07. The number of aromatic nitrogens is 2. The first-order valence-corrected chi connectivity index (χ1v) is 13.7. The minimum absolute atomic E-state index is 0.190. The van der Waals surface area contributed by atoms with Gasteiger partial charge in [0.25, 0.3) is 5.56 Å². The molecule has 1 aliphatic heterocycles. The normalized spacial score (nSPS) is 30.7. The number of carbonyl (C=O) groups is 1. The van der Waals surface area contributed by atoms with E-state index in [2.05, 4.69) is 10.1 Å². The molecule has 2 fully saturated rings. The quantitative estimate of drug-likeness (QED) is 0.162. The molecular weight excluding hydrogens is 529 g/mol. The second-order valence-corrected chi connectivity index (χ2v) is 11.6. The number of hydrogen-bond acceptors (Lipinski definition) is 9. The molecule has 1 aromatic heterocycles. The highest BCUT2D eigenvalue weighted by molar-refractivity contribution is 7.52. The summed E-state index contributed by atoms with van der Waals surface area (Å²) in [5.74, 6) is -0.463. The van der Waals surface area contributed by atoms with Gasteiger partial charge >= 0.3 is 19.4 Å². The third-order valence-electron chi connectivity index (χ3n) is 6.33. The van der Waals surface area contributed by atoms with Crippen LogP contribution in [0.3, 0.4) is 0 Å². The summed E-state index contributed by atoms with van der Waals surface area (Å²) in [7, 11) is -4.31. The highest BCUT2D eigenvalue weighted by Crippen LogP contribution is 2.66. The maximum Gasteiger partial charge on any atom is 0.459 e. The number of unbranched alkanes of at least 4 members (excludes halogenated alkanes) is 1. The van der Waals surface area contributed by atoms with E-state index in [0.29, 0.717) is 6.42 Å². The molecule has 14 heteroatoms. The Kier molecular flexibility index (Phi) is 7.72. The largest absolute Gasteiger partial charge is 0.465 e. The highest BCUT2D eigenvalue weighted by atomic mass is 35.5. The number of nitrogens with zero attached hydrogens (tertiary/aromatic N) is 1. The van der Waals surface area contributed by atoms with Gasteiger partial charge < -0.3 is 19.1 Å². The smallest absolute Gasteiger partial charge is 0.459 e. The average molecular weight is 558 g/mol. The molecule has 0 radical (unpaired) electrons. The van der Waals surface area contributed by atoms with E-state index in [1.54, 1.807) is 30.3 Å². The summed E-state index contributed by atoms with van der Waals surface area (Å²) in [6.45, 7) is 5.04. The van der Waals surface area contributed by atoms with Crippen LogP contribution >= 0.6 is 19.3 Å². The number of ether oxygens (including phenoxy) is 2. The molecule has 37 heavy (non-hydrogen) atoms. The lowest BCUT2D eigenvalue weighted by molar-refractivity contribution is -0.145. The molecule has 2 unspecified atom stereocenters. The maximum atomic E-state index is 13.8. The number of para-hydroxylation sites is 1. The standard InChI is InChI=1S/C23H29ClN3O9P/c1-4-5-13-33-19(29)14(2)26-37(32,35-15-9-7-6-8-10-15)36-18-17-23(18,31)22(3,24)20(34-17)27-12-11-16(28)25-21(27)30/h6-12,14,17-18,20,31H,4-5,13H2,1-3H3,(H,26,32)(H,25,28,30)/t14-,17+,18?,20+,22-,23-,37?/m0/s1. The third kappa shape index (κ3) is 5.27. The van der Waals surface area contributed by atoms with Crippen LogP contribution in [0.25, 0.3) is 0 Å². The van der Waals surface area contributed by atoms with Gasteiger partial charge in [-0.3, -0.25) is 23.7 Å². The lowest BCUT2D eigenvalue weighted by Gasteiger charge is -2.33. The first-order chi connectivity index (χ1) is 17.4. The van der Waals surface area contributed by atoms with E-state index in [0.717, 1.165) is 17.1 Å². The molecule has 0 bridgehead atoms. The van der Waals surface area contributed by atoms with E-state index in [1.165, 1.54) is 20.0 Å². The number of alkyl halides is 1. The number of aliphatic hydroxyl groups is 1. The van der Waals surface area contributed by atoms with Gasteiger partial charge in [0.05, 0.1) is 6.61 Å². The van der Waals surface area contributed by atoms with E-state index >= 15 is 0 Å². The number of hydrogen-bond donors (Lipinski definition) is 3. The van der Waals surface area contributed by atoms with E-state index in [-0.39, 0.29) is 12.4 Å². The van der Waals surface area contributed by atoms with Crippen molar-refractivity contribution in [3.05, 3.63) is 63.4 Å². The number of nitrogens with one attached hydrogen (secondary N) is 2. The number of H-pyrrole nitrogens is 1. The molecular formula is C23H29ClN3O9P. The van der Waals surface area contributed by atoms with Crippen molar-refractivity contribution in [2.24, 2.45) is 0 Å². The van der Waals surface area contributed by atoms with Crippen molar-refractivity contribution in [1.29, 1.82) is 0 Å². The number of rotatable bonds is 11. The minimum atomic E-state index is -4.31. The average Bonchev–Trinajstić information content (AvgIpc) is 3.32. The van der Waals surface area contributed by atoms with Crippen molar-refractivity contribution >= 4 is 25.3 Å². The lowest BCUT2D eigenvalue weighted by Crippen LogP contribution is -2.47. The van der Waals surface area contributed by atoms with Crippen molar-refractivity contribution in [2.75, 3.05) is 6.61 Å². The number of halogens is 1. The van der Waals surface area contributed by atoms with Gasteiger partial charge in [-0.15, -0.1) is 11.6 Å². The van der Waals surface area contributed by atoms with Crippen LogP contribution in [0.5, 0.6) is 5.75 Å². The zero-order valence-corrected chi connectivity index (χ0v) is 22.1. The van der Waals surface area contributed by atoms with Gasteiger partial charge in [-0.25, -0.2) is 9.36 Å². The van der Waals surface area contributed by atoms with Crippen LogP contribution in [0.2, 0.25) is 0 Å². The molecule has 7 atom stereocenters. The van der Waals surface area contributed by atoms with Gasteiger partial charge in [-0.2, -0.15) is 5.09 Å². The molecule has 2 heterocycles. The summed E-state index contributed by atoms with van der Waals surface area (Å²) >= 11 is 6.69. The maximum absolute atomic E-state index is 13.8. The van der Waals surface area contributed by atoms with Crippen LogP contribution in [0.1, 0.15) is 39.8 Å². The monoisotopic (exact) mass is 557 g/mol. The molecule has 4 rings (SSSR count). The molecule has 2 aromatic rings. The summed E-state index contributed by atoms with van der Waals surface area (Å²) in [5, 5.41) is 13.9. The zero-order valence-electron chi connectivity index (χ0n) is 20.5. The number of carbonyl (C=O) groups excluding carboxylic acids is 1. The van der Waals surface area contributed by atoms with Gasteiger partial charge in [0.15, 0.2) is 6.23 Å². The molecule has 0 spiro atoms. The minimum Gasteiger partial charge on any atom is -0.465 e. The van der Waals surface area contributed by atoms with Crippen LogP contribution in [0.4, 0.5) is 0 Å². The number of benzene rings is 1. The van der Waals surface area contributed by atoms with Gasteiger partial charge in [-0.1, -0.05) is 31.5 Å². The zero-order chi connectivity index (χ0) is 27.0. The number of aromatic amines is 1. The molecule has 12 nitrogen and oxygen atoms in total. The highest BCUT2D eigenvalue weighted by Gasteiger charge is 2.84. The predicted molar refractivity (Wildman–Crippen MR) is 132 cm³/mol. The fraction of sp³-hybridized carbons (Fsp3) is 0.522. The Bertz CT molecular complexity index is 1300. The van der Waals surface area contributed by atoms with Crippen molar-refractivity contribution in [3.8, 4) is 5.75 Å². The van der Waals surface area contributed by atoms with Gasteiger partial charge in [-0.05, 0) is 32.4 Å². The van der Waals surface area contributed by atoms with Gasteiger partial charge in [0.2, 0.25) is 0 Å². The summed E-state index contributed by atoms with van der Waals surface area (Å²) < 4.78 is 37.3. The Hall–Kier alpha value is -2.47. The van der Waals surface area contributed by atoms with E-state index in [4.69, 9.17) is 30.1 Å². The summed E-state index contributed by atoms with van der Waals surface area (Å²) in [4.78, 5) is 36.6. The molecule has 3 N–H and O–H groups in total. The van der Waals surface area contributed by atoms with Crippen molar-refractivity contribution in [3.63, 3.8) is 0 Å². The van der Waals surface area contributed by atoms with Crippen LogP contribution < -0.4 is 20.9 Å². The Morgan fingerprint density at radius 1 is 1.32 bits per heavy atom. The van der Waals surface area contributed by atoms with Crippen LogP contribution in [-0.2, 0) is 23.4 Å². The molecule has 1 aromatic carbocycles. The van der Waals surface area contributed by atoms with Gasteiger partial charge in [0.1, 0.15) is 34.5 Å². The molecule has 1 aliphatic carbocycles. The van der Waals surface area contributed by atoms with Crippen LogP contribution in [0, 0.1) is 0 Å². The molecule has 2 aliphatic rings. The van der Waals surface area contributed by atoms with E-state index in [9.17, 15) is 24.1 Å². The summed E-state index contributed by atoms with van der Waals surface area (Å²) in [5.41, 5.74) is -3.26. The topological polar surface area (TPSA) is 158 Å². The second kappa shape index (κ2) is 10.4. The van der Waals surface area contributed by atoms with Crippen LogP contribution in [0.15, 0.2) is 52.2 Å². The fourth-order valence-corrected chi connectivity index (χ4v) is 6.24. The Balaban J connectivity index is 1.54. The number of esters is 1. The lowest BCUT2D eigenvalue weighted by atomic mass is 10.0. The molecule has 1 saturated heterocycles. The van der Waals surface area contributed by atoms with Crippen molar-refractivity contribution < 1.29 is 33.0 Å². The molecule has 202 valence electrons. The van der Waals surface area contributed by atoms with E-state index < -0.39 is 59.9 Å². The SMILES string of the molecule is CCCCOC(=O)[C@H](C)NP(=O)(Oc1ccccc1)OC1[C@H]2O[C@@H](n3ccc(=O)[nH]c3=O)[C@](C)(Cl)[C@@]12O. The van der Waals surface area contributed by atoms with Crippen LogP contribution in [-0.4, -0.2) is 56.0 Å². The first-order valence-electron chi connectivity index (χ1n) is 11.8. The Morgan fingerprint density at radius 2 is 2.03 bits per heavy atom. The second-order valence-electron chi connectivity index (χ2n) is 9.13. The van der Waals surface area contributed by atoms with E-state index in [1.807, 2.05) is 6.92 Å². The molecule has 0 amide bonds. The Labute approximate surface area is 217 Å². The van der Waals surface area contributed by atoms with Gasteiger partial charge in [0, 0.05) is 12.3 Å². The molecule has 1 saturated carbocycles. The summed E-state index contributed by atoms with van der Waals surface area (Å²) in [6.07, 6.45) is -0.764.